The van der Waals surface area contributed by atoms with Crippen molar-refractivity contribution in [2.45, 2.75) is 83.0 Å². The van der Waals surface area contributed by atoms with Crippen LogP contribution in [0.1, 0.15) is 78.1 Å². The second-order valence-electron chi connectivity index (χ2n) is 9.50. The molecule has 11 nitrogen and oxygen atoms in total. The highest BCUT2D eigenvalue weighted by Crippen LogP contribution is 2.38. The number of anilines is 2. The number of benzene rings is 2. The number of aromatic nitrogens is 1. The van der Waals surface area contributed by atoms with Gasteiger partial charge >= 0.3 is 0 Å². The van der Waals surface area contributed by atoms with E-state index < -0.39 is 15.8 Å². The molecule has 1 heterocycles. The largest absolute Gasteiger partial charge is 0.870 e. The van der Waals surface area contributed by atoms with Gasteiger partial charge in [0, 0.05) is 29.6 Å². The van der Waals surface area contributed by atoms with Crippen LogP contribution in [0.15, 0.2) is 45.5 Å². The third-order valence-corrected chi connectivity index (χ3v) is 7.82. The molecule has 4 N–H and O–H groups in total. The normalized spacial score (nSPS) is 11.8. The molecule has 0 aliphatic heterocycles. The fourth-order valence-electron chi connectivity index (χ4n) is 3.97. The number of nitrogens with two attached hydrogens (primary N) is 1. The predicted octanol–water partition coefficient (Wildman–Crippen LogP) is 6.25. The summed E-state index contributed by atoms with van der Waals surface area (Å²) in [7, 11) is -3.93. The minimum atomic E-state index is -3.93. The number of amides is 2. The van der Waals surface area contributed by atoms with Crippen molar-refractivity contribution in [1.82, 2.24) is 4.37 Å². The Morgan fingerprint density at radius 2 is 1.48 bits per heavy atom. The summed E-state index contributed by atoms with van der Waals surface area (Å²) in [6.45, 7) is 4.16. The van der Waals surface area contributed by atoms with Crippen LogP contribution in [0.3, 0.4) is 0 Å². The summed E-state index contributed by atoms with van der Waals surface area (Å²) < 4.78 is 27.8. The number of carbonyl (C=O) groups excluding carboxylic acids is 2. The van der Waals surface area contributed by atoms with Gasteiger partial charge in [-0.05, 0) is 54.7 Å². The zero-order valence-corrected chi connectivity index (χ0v) is 24.4. The Labute approximate surface area is 238 Å². The number of rotatable bonds is 15. The Bertz CT molecular complexity index is 1420. The zero-order chi connectivity index (χ0) is 29.1. The van der Waals surface area contributed by atoms with Gasteiger partial charge in [-0.1, -0.05) is 58.1 Å². The van der Waals surface area contributed by atoms with Gasteiger partial charge in [0.2, 0.25) is 21.8 Å². The third kappa shape index (κ3) is 9.07. The maximum atomic E-state index is 13.1. The van der Waals surface area contributed by atoms with E-state index in [9.17, 15) is 23.1 Å². The van der Waals surface area contributed by atoms with Gasteiger partial charge in [-0.3, -0.25) is 9.59 Å². The van der Waals surface area contributed by atoms with E-state index in [1.54, 1.807) is 0 Å². The Hall–Kier alpha value is -3.42. The molecule has 0 radical (unpaired) electrons. The van der Waals surface area contributed by atoms with Crippen LogP contribution in [-0.2, 0) is 19.6 Å². The van der Waals surface area contributed by atoms with Gasteiger partial charge in [0.15, 0.2) is 5.00 Å². The van der Waals surface area contributed by atoms with Crippen molar-refractivity contribution >= 4 is 66.3 Å². The maximum Gasteiger partial charge on any atom is 0.238 e. The van der Waals surface area contributed by atoms with Crippen molar-refractivity contribution in [3.05, 3.63) is 30.3 Å². The highest BCUT2D eigenvalue weighted by molar-refractivity contribution is 7.89. The fourth-order valence-corrected chi connectivity index (χ4v) is 5.19. The molecular formula is C27H35N6O5S2-. The van der Waals surface area contributed by atoms with E-state index in [1.807, 2.05) is 0 Å². The Morgan fingerprint density at radius 3 is 2.00 bits per heavy atom. The van der Waals surface area contributed by atoms with Crippen LogP contribution in [0.5, 0.6) is 5.75 Å². The first-order chi connectivity index (χ1) is 19.1. The average molecular weight is 588 g/mol. The van der Waals surface area contributed by atoms with Crippen LogP contribution in [0.25, 0.3) is 10.9 Å². The minimum Gasteiger partial charge on any atom is -0.870 e. The molecule has 1 aromatic heterocycles. The van der Waals surface area contributed by atoms with E-state index in [0.717, 1.165) is 50.1 Å². The molecule has 0 atom stereocenters. The van der Waals surface area contributed by atoms with Crippen molar-refractivity contribution in [2.75, 3.05) is 10.6 Å². The molecule has 13 heteroatoms. The molecule has 2 amide bonds. The van der Waals surface area contributed by atoms with Gasteiger partial charge in [0.1, 0.15) is 0 Å². The summed E-state index contributed by atoms with van der Waals surface area (Å²) in [6, 6.07) is 7.05. The molecule has 216 valence electrons. The Balaban J connectivity index is 1.89. The summed E-state index contributed by atoms with van der Waals surface area (Å²) in [6.07, 6.45) is 7.90. The first-order valence-corrected chi connectivity index (χ1v) is 15.7. The monoisotopic (exact) mass is 587 g/mol. The van der Waals surface area contributed by atoms with Crippen molar-refractivity contribution in [1.29, 1.82) is 0 Å². The predicted molar refractivity (Wildman–Crippen MR) is 156 cm³/mol. The quantitative estimate of drug-likeness (QED) is 0.140. The van der Waals surface area contributed by atoms with Gasteiger partial charge < -0.3 is 15.7 Å². The lowest BCUT2D eigenvalue weighted by Crippen LogP contribution is -2.16. The van der Waals surface area contributed by atoms with E-state index in [4.69, 9.17) is 5.14 Å². The standard InChI is InChI=1S/C27H36N6O5S2/c1-3-5-7-9-11-24(34)29-22-15-18(16-23(26(22)36)30-25(35)12-10-8-6-4-2)31-32-27-20-17-19(40(28,37)38)13-14-21(20)33-39-27/h13-17,36H,3-12H2,1-2H3,(H,29,34)(H,30,35)(H2,28,37,38)/p-1. The van der Waals surface area contributed by atoms with Crippen LogP contribution in [0, 0.1) is 0 Å². The zero-order valence-electron chi connectivity index (χ0n) is 22.7. The van der Waals surface area contributed by atoms with Crippen molar-refractivity contribution in [2.24, 2.45) is 15.4 Å². The van der Waals surface area contributed by atoms with Crippen LogP contribution in [-0.4, -0.2) is 24.6 Å². The fraction of sp³-hybridized carbons (Fsp3) is 0.444. The maximum absolute atomic E-state index is 13.1. The number of carbonyl (C=O) groups is 2. The smallest absolute Gasteiger partial charge is 0.238 e. The SMILES string of the molecule is CCCCCCC(=O)Nc1cc(N=Nc2snc3ccc(S(N)(=O)=O)cc23)cc(NC(=O)CCCCCC)c1[O-]. The number of nitrogens with one attached hydrogen (secondary N) is 2. The number of hydrogen-bond donors (Lipinski definition) is 3. The molecule has 0 bridgehead atoms. The van der Waals surface area contributed by atoms with E-state index in [1.165, 1.54) is 30.3 Å². The molecule has 0 saturated carbocycles. The van der Waals surface area contributed by atoms with E-state index >= 15 is 0 Å². The summed E-state index contributed by atoms with van der Waals surface area (Å²) in [5, 5.41) is 32.9. The molecule has 0 unspecified atom stereocenters. The summed E-state index contributed by atoms with van der Waals surface area (Å²) >= 11 is 1.01. The lowest BCUT2D eigenvalue weighted by atomic mass is 10.1. The van der Waals surface area contributed by atoms with Gasteiger partial charge in [-0.25, -0.2) is 13.6 Å². The topological polar surface area (TPSA) is 179 Å². The molecule has 0 spiro atoms. The Morgan fingerprint density at radius 1 is 0.900 bits per heavy atom. The van der Waals surface area contributed by atoms with E-state index in [-0.39, 0.29) is 46.6 Å². The number of unbranched alkanes of at least 4 members (excludes halogenated alkanes) is 6. The van der Waals surface area contributed by atoms with Crippen molar-refractivity contribution < 1.29 is 23.1 Å². The summed E-state index contributed by atoms with van der Waals surface area (Å²) in [5.41, 5.74) is 0.715. The van der Waals surface area contributed by atoms with E-state index in [0.29, 0.717) is 28.7 Å². The molecule has 0 aliphatic rings. The lowest BCUT2D eigenvalue weighted by molar-refractivity contribution is -0.265. The molecule has 0 aliphatic carbocycles. The lowest BCUT2D eigenvalue weighted by Gasteiger charge is -2.20. The second kappa shape index (κ2) is 14.8. The molecular weight excluding hydrogens is 552 g/mol. The number of azo groups is 1. The number of nitrogens with zero attached hydrogens (tertiary/aromatic N) is 3. The van der Waals surface area contributed by atoms with Crippen LogP contribution in [0.2, 0.25) is 0 Å². The van der Waals surface area contributed by atoms with Crippen LogP contribution >= 0.6 is 11.5 Å². The summed E-state index contributed by atoms with van der Waals surface area (Å²) in [4.78, 5) is 25.0. The Kier molecular flexibility index (Phi) is 11.5. The number of sulfonamides is 1. The number of fused-ring (bicyclic) bond motifs is 1. The summed E-state index contributed by atoms with van der Waals surface area (Å²) in [5.74, 6) is -1.13. The number of primary sulfonamides is 1. The second-order valence-corrected chi connectivity index (χ2v) is 11.8. The number of hydrogen-bond acceptors (Lipinski definition) is 9. The highest BCUT2D eigenvalue weighted by atomic mass is 32.2. The third-order valence-electron chi connectivity index (χ3n) is 6.15. The van der Waals surface area contributed by atoms with Crippen molar-refractivity contribution in [3.63, 3.8) is 0 Å². The van der Waals surface area contributed by atoms with E-state index in [2.05, 4.69) is 39.1 Å². The molecule has 2 aromatic carbocycles. The molecule has 0 fully saturated rings. The minimum absolute atomic E-state index is 0.0103. The first-order valence-electron chi connectivity index (χ1n) is 13.4. The van der Waals surface area contributed by atoms with Crippen LogP contribution < -0.4 is 20.9 Å². The molecule has 3 rings (SSSR count). The van der Waals surface area contributed by atoms with Gasteiger partial charge in [0.05, 0.1) is 16.1 Å². The first kappa shape index (κ1) is 31.1. The molecule has 40 heavy (non-hydrogen) atoms. The van der Waals surface area contributed by atoms with Crippen LogP contribution in [0.4, 0.5) is 22.1 Å². The van der Waals surface area contributed by atoms with Crippen molar-refractivity contribution in [3.8, 4) is 5.75 Å². The average Bonchev–Trinajstić information content (AvgIpc) is 3.32. The molecule has 0 saturated heterocycles. The van der Waals surface area contributed by atoms with Gasteiger partial charge in [0.25, 0.3) is 0 Å². The van der Waals surface area contributed by atoms with Gasteiger partial charge in [-0.2, -0.15) is 4.37 Å². The van der Waals surface area contributed by atoms with Gasteiger partial charge in [-0.15, -0.1) is 10.2 Å². The highest BCUT2D eigenvalue weighted by Gasteiger charge is 2.14. The molecule has 3 aromatic rings.